The van der Waals surface area contributed by atoms with Crippen LogP contribution in [0.1, 0.15) is 50.0 Å². The number of rotatable bonds is 3. The molecule has 1 aromatic carbocycles. The van der Waals surface area contributed by atoms with E-state index in [-0.39, 0.29) is 29.4 Å². The van der Waals surface area contributed by atoms with Gasteiger partial charge in [0, 0.05) is 17.9 Å². The zero-order valence-corrected chi connectivity index (χ0v) is 14.5. The maximum absolute atomic E-state index is 12.8. The van der Waals surface area contributed by atoms with Crippen molar-refractivity contribution < 1.29 is 9.32 Å². The first-order valence-electron chi connectivity index (χ1n) is 8.70. The molecule has 4 rings (SSSR count). The molecule has 1 aliphatic carbocycles. The molecule has 1 spiro atoms. The summed E-state index contributed by atoms with van der Waals surface area (Å²) in [6.07, 6.45) is 6.46. The van der Waals surface area contributed by atoms with Crippen LogP contribution in [-0.2, 0) is 0 Å². The fourth-order valence-electron chi connectivity index (χ4n) is 3.85. The largest absolute Gasteiger partial charge is 0.329 e. The summed E-state index contributed by atoms with van der Waals surface area (Å²) in [5.41, 5.74) is 1.29. The molecule has 6 nitrogen and oxygen atoms in total. The Hall–Kier alpha value is -2.63. The summed E-state index contributed by atoms with van der Waals surface area (Å²) in [4.78, 5) is 18.9. The van der Waals surface area contributed by atoms with E-state index in [4.69, 9.17) is 4.52 Å². The molecule has 2 amide bonds. The third kappa shape index (κ3) is 2.71. The standard InChI is InChI=1S/C19H22N4O2/c1-13(2)16-20-17(25-22-16)21-18(24)23-12-19(10-6-7-11-19)15(23)14-8-4-3-5-9-14/h3-9,13,15H,10-12H2,1-2H3,(H,20,21,22,24). The number of urea groups is 1. The summed E-state index contributed by atoms with van der Waals surface area (Å²) in [6, 6.07) is 10.3. The molecule has 0 radical (unpaired) electrons. The lowest BCUT2D eigenvalue weighted by molar-refractivity contribution is -0.0310. The molecule has 1 N–H and O–H groups in total. The van der Waals surface area contributed by atoms with E-state index in [0.29, 0.717) is 5.82 Å². The second-order valence-corrected chi connectivity index (χ2v) is 7.23. The van der Waals surface area contributed by atoms with Crippen LogP contribution in [0, 0.1) is 5.41 Å². The van der Waals surface area contributed by atoms with Crippen molar-refractivity contribution in [2.75, 3.05) is 11.9 Å². The van der Waals surface area contributed by atoms with Crippen LogP contribution in [0.15, 0.2) is 47.0 Å². The van der Waals surface area contributed by atoms with E-state index in [1.165, 1.54) is 5.56 Å². The number of anilines is 1. The fraction of sp³-hybridized carbons (Fsp3) is 0.421. The van der Waals surface area contributed by atoms with Gasteiger partial charge in [0.1, 0.15) is 0 Å². The van der Waals surface area contributed by atoms with Gasteiger partial charge in [-0.15, -0.1) is 0 Å². The van der Waals surface area contributed by atoms with Crippen molar-refractivity contribution >= 4 is 12.0 Å². The van der Waals surface area contributed by atoms with Crippen molar-refractivity contribution in [2.45, 2.75) is 38.6 Å². The molecule has 1 aliphatic heterocycles. The number of benzene rings is 1. The van der Waals surface area contributed by atoms with Crippen molar-refractivity contribution in [3.63, 3.8) is 0 Å². The second kappa shape index (κ2) is 6.02. The Balaban J connectivity index is 1.53. The minimum atomic E-state index is -0.190. The number of nitrogens with zero attached hydrogens (tertiary/aromatic N) is 3. The van der Waals surface area contributed by atoms with Crippen molar-refractivity contribution in [2.24, 2.45) is 5.41 Å². The summed E-state index contributed by atoms with van der Waals surface area (Å²) in [7, 11) is 0. The highest BCUT2D eigenvalue weighted by Crippen LogP contribution is 2.56. The average Bonchev–Trinajstić information content (AvgIpc) is 3.24. The monoisotopic (exact) mass is 338 g/mol. The predicted molar refractivity (Wildman–Crippen MR) is 94.1 cm³/mol. The van der Waals surface area contributed by atoms with Crippen LogP contribution in [0.5, 0.6) is 0 Å². The minimum absolute atomic E-state index is 0.0659. The number of likely N-dealkylation sites (tertiary alicyclic amines) is 1. The summed E-state index contributed by atoms with van der Waals surface area (Å²) in [5, 5.41) is 6.64. The van der Waals surface area contributed by atoms with Gasteiger partial charge in [-0.25, -0.2) is 4.79 Å². The molecule has 25 heavy (non-hydrogen) atoms. The highest BCUT2D eigenvalue weighted by molar-refractivity contribution is 5.88. The molecule has 130 valence electrons. The minimum Gasteiger partial charge on any atom is -0.316 e. The van der Waals surface area contributed by atoms with Crippen LogP contribution in [0.25, 0.3) is 0 Å². The Morgan fingerprint density at radius 1 is 1.28 bits per heavy atom. The van der Waals surface area contributed by atoms with Crippen LogP contribution < -0.4 is 5.32 Å². The van der Waals surface area contributed by atoms with Gasteiger partial charge in [-0.3, -0.25) is 5.32 Å². The van der Waals surface area contributed by atoms with Gasteiger partial charge in [0.2, 0.25) is 0 Å². The van der Waals surface area contributed by atoms with Crippen LogP contribution in [0.3, 0.4) is 0 Å². The number of hydrogen-bond acceptors (Lipinski definition) is 4. The molecule has 6 heteroatoms. The molecule has 1 unspecified atom stereocenters. The van der Waals surface area contributed by atoms with Crippen LogP contribution >= 0.6 is 0 Å². The summed E-state index contributed by atoms with van der Waals surface area (Å²) in [6.45, 7) is 4.69. The van der Waals surface area contributed by atoms with Gasteiger partial charge in [0.05, 0.1) is 6.04 Å². The Kier molecular flexibility index (Phi) is 3.82. The van der Waals surface area contributed by atoms with Crippen molar-refractivity contribution in [1.82, 2.24) is 15.0 Å². The van der Waals surface area contributed by atoms with Gasteiger partial charge in [0.25, 0.3) is 0 Å². The zero-order valence-electron chi connectivity index (χ0n) is 14.5. The highest BCUT2D eigenvalue weighted by atomic mass is 16.5. The van der Waals surface area contributed by atoms with E-state index in [2.05, 4.69) is 39.7 Å². The summed E-state index contributed by atoms with van der Waals surface area (Å²) >= 11 is 0. The van der Waals surface area contributed by atoms with Crippen molar-refractivity contribution in [1.29, 1.82) is 0 Å². The second-order valence-electron chi connectivity index (χ2n) is 7.23. The first kappa shape index (κ1) is 15.9. The van der Waals surface area contributed by atoms with Gasteiger partial charge >= 0.3 is 12.0 Å². The number of carbonyl (C=O) groups excluding carboxylic acids is 1. The van der Waals surface area contributed by atoms with E-state index in [1.54, 1.807) is 0 Å². The normalized spacial score (nSPS) is 20.9. The Morgan fingerprint density at radius 2 is 2.00 bits per heavy atom. The predicted octanol–water partition coefficient (Wildman–Crippen LogP) is 4.12. The molecule has 0 saturated carbocycles. The number of nitrogens with one attached hydrogen (secondary N) is 1. The number of carbonyl (C=O) groups is 1. The number of hydrogen-bond donors (Lipinski definition) is 1. The van der Waals surface area contributed by atoms with Gasteiger partial charge in [-0.2, -0.15) is 4.98 Å². The average molecular weight is 338 g/mol. The molecule has 2 aromatic rings. The van der Waals surface area contributed by atoms with E-state index in [1.807, 2.05) is 36.9 Å². The summed E-state index contributed by atoms with van der Waals surface area (Å²) in [5.74, 6) is 0.748. The number of aromatic nitrogens is 2. The molecule has 1 aromatic heterocycles. The highest BCUT2D eigenvalue weighted by Gasteiger charge is 2.55. The van der Waals surface area contributed by atoms with Crippen LogP contribution in [0.4, 0.5) is 10.8 Å². The van der Waals surface area contributed by atoms with Gasteiger partial charge in [-0.05, 0) is 18.4 Å². The summed E-state index contributed by atoms with van der Waals surface area (Å²) < 4.78 is 5.14. The third-order valence-electron chi connectivity index (χ3n) is 5.14. The Bertz CT molecular complexity index is 789. The fourth-order valence-corrected chi connectivity index (χ4v) is 3.85. The van der Waals surface area contributed by atoms with Gasteiger partial charge in [-0.1, -0.05) is 61.5 Å². The van der Waals surface area contributed by atoms with E-state index >= 15 is 0 Å². The van der Waals surface area contributed by atoms with E-state index in [0.717, 1.165) is 19.4 Å². The Labute approximate surface area is 146 Å². The van der Waals surface area contributed by atoms with Gasteiger partial charge < -0.3 is 9.42 Å². The third-order valence-corrected chi connectivity index (χ3v) is 5.14. The molecule has 1 saturated heterocycles. The first-order valence-corrected chi connectivity index (χ1v) is 8.70. The molecular weight excluding hydrogens is 316 g/mol. The number of amides is 2. The smallest absolute Gasteiger partial charge is 0.316 e. The lowest BCUT2D eigenvalue weighted by Gasteiger charge is -2.56. The van der Waals surface area contributed by atoms with E-state index in [9.17, 15) is 4.79 Å². The lowest BCUT2D eigenvalue weighted by Crippen LogP contribution is -2.60. The molecule has 2 aliphatic rings. The van der Waals surface area contributed by atoms with Crippen LogP contribution in [-0.4, -0.2) is 27.6 Å². The SMILES string of the molecule is CC(C)c1noc(NC(=O)N2CC3(CC=CC3)C2c2ccccc2)n1. The first-order chi connectivity index (χ1) is 12.1. The molecule has 2 heterocycles. The van der Waals surface area contributed by atoms with Crippen molar-refractivity contribution in [3.8, 4) is 0 Å². The molecule has 0 bridgehead atoms. The van der Waals surface area contributed by atoms with Crippen LogP contribution in [0.2, 0.25) is 0 Å². The Morgan fingerprint density at radius 3 is 2.64 bits per heavy atom. The molecular formula is C19H22N4O2. The topological polar surface area (TPSA) is 71.3 Å². The van der Waals surface area contributed by atoms with Crippen molar-refractivity contribution in [3.05, 3.63) is 53.9 Å². The van der Waals surface area contributed by atoms with E-state index < -0.39 is 0 Å². The number of allylic oxidation sites excluding steroid dienone is 2. The van der Waals surface area contributed by atoms with Gasteiger partial charge in [0.15, 0.2) is 5.82 Å². The zero-order chi connectivity index (χ0) is 17.4. The maximum atomic E-state index is 12.8. The molecule has 1 atom stereocenters. The maximum Gasteiger partial charge on any atom is 0.329 e. The molecule has 1 fully saturated rings. The quantitative estimate of drug-likeness (QED) is 0.855. The lowest BCUT2D eigenvalue weighted by atomic mass is 9.67.